The van der Waals surface area contributed by atoms with Crippen LogP contribution in [0, 0.1) is 65.0 Å². The van der Waals surface area contributed by atoms with E-state index in [1.807, 2.05) is 72.7 Å². The van der Waals surface area contributed by atoms with Gasteiger partial charge >= 0.3 is 71.8 Å². The summed E-state index contributed by atoms with van der Waals surface area (Å²) in [6, 6.07) is 17.1. The lowest BCUT2D eigenvalue weighted by molar-refractivity contribution is -0.386. The fourth-order valence-electron chi connectivity index (χ4n) is 16.2. The van der Waals surface area contributed by atoms with Gasteiger partial charge in [0, 0.05) is 89.5 Å². The summed E-state index contributed by atoms with van der Waals surface area (Å²) < 4.78 is 222. The van der Waals surface area contributed by atoms with Gasteiger partial charge in [0.25, 0.3) is 0 Å². The zero-order valence-corrected chi connectivity index (χ0v) is 81.4. The number of piperidine rings is 2. The first-order valence-corrected chi connectivity index (χ1v) is 47.3. The highest BCUT2D eigenvalue weighted by atomic mass is 35.5. The van der Waals surface area contributed by atoms with Gasteiger partial charge < -0.3 is 64.4 Å². The first kappa shape index (κ1) is 113. The quantitative estimate of drug-likeness (QED) is 0.0159. The molecule has 48 heteroatoms. The standard InChI is InChI=1S/C22H21ClF6N4O2.C20H26N2O5.C17H17F3N2O4.C17H21F3N2O2.C15H18N2O3.C5HCl2F3N2.CH4/c1-11-8-16(31-20-30-10-15(18(23)32-20)21(24,25)26)17(35-13-2-3-13)9-14(11)12-4-6-33(7-5-12)19(34)22(27,28)29;1-13-11-17(22(24)25)18(26-15-5-6-15)12-16(13)14-7-9-21(10-8-14)19(23)27-20(2,3)4;1-10-8-14(22(24)25)15(26-12-2-3-12)9-13(10)11-4-6-21(7-5-11)16(23)17(18,19)20;1-10-8-14(21)15(24-12-2-3-12)9-13(10)11-4-6-22(7-5-11)16(23)17(18,19)20;1-10-8-14(17(18)19)15(20-12-2-3-12)9-13(10)11-4-6-16-7-5-11;6-3-2(5(8,9)10)1-11-4(7)12-3;/h8-10,12-13H,2-7H2,1H3,(H,30,31,32);7,11-12,15H,5-6,8-10H2,1-4H3;4,8-9,12H,2-3,5-7H2,1H3;8-9,11-12H,2-7,21H2,1H3;4,8-9,12,16H,2-3,5-7H2,1H3;1H;1H4. The number of nitrogens with one attached hydrogen (secondary N) is 2. The first-order valence-electron chi connectivity index (χ1n) is 46.2. The van der Waals surface area contributed by atoms with Crippen LogP contribution in [-0.2, 0) is 31.5 Å². The molecule has 0 radical (unpaired) electrons. The van der Waals surface area contributed by atoms with Gasteiger partial charge in [0.2, 0.25) is 11.2 Å². The Balaban J connectivity index is 0.000000169. The first-order chi connectivity index (χ1) is 67.4. The lowest BCUT2D eigenvalue weighted by Crippen LogP contribution is -2.45. The van der Waals surface area contributed by atoms with Gasteiger partial charge in [-0.3, -0.25) is 44.7 Å². The van der Waals surface area contributed by atoms with Crippen molar-refractivity contribution in [2.45, 2.75) is 251 Å². The number of nitrogens with two attached hydrogens (primary N) is 1. The van der Waals surface area contributed by atoms with Crippen LogP contribution >= 0.6 is 34.8 Å². The summed E-state index contributed by atoms with van der Waals surface area (Å²) >= 11 is 16.0. The number of likely N-dealkylation sites (tertiary alicyclic amines) is 2. The van der Waals surface area contributed by atoms with Crippen molar-refractivity contribution in [3.05, 3.63) is 204 Å². The smallest absolute Gasteiger partial charge is 0.471 e. The van der Waals surface area contributed by atoms with Crippen molar-refractivity contribution in [3.63, 3.8) is 0 Å². The molecule has 17 rings (SSSR count). The highest BCUT2D eigenvalue weighted by molar-refractivity contribution is 6.32. The Morgan fingerprint density at radius 2 is 0.786 bits per heavy atom. The van der Waals surface area contributed by atoms with Crippen LogP contribution in [0.25, 0.3) is 16.7 Å². The Labute approximate surface area is 838 Å². The number of hydrogen-bond donors (Lipinski definition) is 3. The Kier molecular flexibility index (Phi) is 36.7. The molecular formula is C97H108Cl3F15N14O16. The summed E-state index contributed by atoms with van der Waals surface area (Å²) in [6.07, 6.45) is -3.96. The SMILES string of the molecule is C.Cc1cc(N)c(OC2CC2)cc1C1CCN(C(=O)C(F)(F)F)CC1.Cc1cc(Nc2ncc(C(F)(F)F)c(Cl)n2)c(OC2CC2)cc1C1CCN(C(=O)C(F)(F)F)CC1.Cc1cc([N+](=O)[O-])c(OC2CC2)cc1C1=CCN(C(=O)C(F)(F)F)CC1.Cc1cc([N+](=O)[O-])c(OC2CC2)cc1C1=CCN(C(=O)OC(C)(C)C)CC1.Cc1cc([N+](=O)[O-])c(OC2CC2)cc1C1=CCNCC1.FC(F)(F)c1cnc(Cl)nc1Cl. The van der Waals surface area contributed by atoms with Gasteiger partial charge in [0.05, 0.1) is 56.7 Å². The molecule has 4 amide bonds. The van der Waals surface area contributed by atoms with Gasteiger partial charge in [-0.05, 0) is 309 Å². The summed E-state index contributed by atoms with van der Waals surface area (Å²) in [7, 11) is 0. The minimum Gasteiger partial charge on any atom is -0.488 e. The van der Waals surface area contributed by atoms with Crippen LogP contribution in [0.2, 0.25) is 15.6 Å². The fraction of sp³-hybridized carbons (Fsp3) is 0.505. The molecule has 7 fully saturated rings. The summed E-state index contributed by atoms with van der Waals surface area (Å²) in [6.45, 7) is 17.6. The van der Waals surface area contributed by atoms with Gasteiger partial charge in [-0.15, -0.1) is 0 Å². The molecule has 7 heterocycles. The summed E-state index contributed by atoms with van der Waals surface area (Å²) in [4.78, 5) is 96.7. The summed E-state index contributed by atoms with van der Waals surface area (Å²) in [5.74, 6) is -3.53. The van der Waals surface area contributed by atoms with Crippen molar-refractivity contribution in [1.29, 1.82) is 0 Å². The number of hydrogen-bond acceptors (Lipinski definition) is 23. The molecule has 788 valence electrons. The number of anilines is 3. The zero-order chi connectivity index (χ0) is 105. The molecule has 0 spiro atoms. The van der Waals surface area contributed by atoms with Gasteiger partial charge in [-0.25, -0.2) is 24.7 Å². The monoisotopic (exact) mass is 2110 g/mol. The number of rotatable bonds is 20. The van der Waals surface area contributed by atoms with Gasteiger partial charge in [-0.1, -0.05) is 48.9 Å². The minimum atomic E-state index is -4.90. The number of aromatic nitrogens is 4. The predicted molar refractivity (Wildman–Crippen MR) is 508 cm³/mol. The van der Waals surface area contributed by atoms with E-state index in [9.17, 15) is 115 Å². The van der Waals surface area contributed by atoms with Crippen LogP contribution in [0.1, 0.15) is 216 Å². The van der Waals surface area contributed by atoms with Crippen LogP contribution in [0.4, 0.5) is 105 Å². The molecule has 5 aromatic carbocycles. The van der Waals surface area contributed by atoms with E-state index >= 15 is 0 Å². The zero-order valence-electron chi connectivity index (χ0n) is 79.1. The van der Waals surface area contributed by atoms with Gasteiger partial charge in [0.1, 0.15) is 38.5 Å². The largest absolute Gasteiger partial charge is 0.488 e. The third-order valence-corrected chi connectivity index (χ3v) is 25.1. The van der Waals surface area contributed by atoms with E-state index < -0.39 is 85.5 Å². The molecule has 7 aromatic rings. The predicted octanol–water partition coefficient (Wildman–Crippen LogP) is 23.7. The number of nitrogens with zero attached hydrogens (tertiary/aromatic N) is 11. The average Bonchev–Trinajstić information content (AvgIpc) is 1.75. The van der Waals surface area contributed by atoms with E-state index in [0.29, 0.717) is 103 Å². The van der Waals surface area contributed by atoms with Crippen LogP contribution in [0.3, 0.4) is 0 Å². The Bertz CT molecular complexity index is 6030. The van der Waals surface area contributed by atoms with Gasteiger partial charge in [0.15, 0.2) is 17.2 Å². The van der Waals surface area contributed by atoms with Gasteiger partial charge in [-0.2, -0.15) is 65.9 Å². The second kappa shape index (κ2) is 47.1. The Morgan fingerprint density at radius 1 is 0.434 bits per heavy atom. The maximum absolute atomic E-state index is 12.9. The van der Waals surface area contributed by atoms with Crippen molar-refractivity contribution in [3.8, 4) is 28.7 Å². The summed E-state index contributed by atoms with van der Waals surface area (Å²) in [5, 5.41) is 38.1. The highest BCUT2D eigenvalue weighted by Gasteiger charge is 2.48. The number of amides is 4. The Hall–Kier alpha value is -12.3. The van der Waals surface area contributed by atoms with Crippen molar-refractivity contribution < 1.29 is 128 Å². The fourth-order valence-corrected chi connectivity index (χ4v) is 16.8. The van der Waals surface area contributed by atoms with E-state index in [-0.39, 0.29) is 141 Å². The molecule has 30 nitrogen and oxygen atoms in total. The second-order valence-corrected chi connectivity index (χ2v) is 38.1. The van der Waals surface area contributed by atoms with Crippen molar-refractivity contribution in [1.82, 2.24) is 44.9 Å². The number of nitro benzene ring substituents is 3. The second-order valence-electron chi connectivity index (χ2n) is 37.0. The van der Waals surface area contributed by atoms with Crippen LogP contribution < -0.4 is 40.1 Å². The molecule has 5 aliphatic heterocycles. The molecule has 2 saturated heterocycles. The van der Waals surface area contributed by atoms with Crippen molar-refractivity contribution in [2.75, 3.05) is 76.5 Å². The number of benzene rings is 5. The maximum atomic E-state index is 12.9. The molecule has 0 unspecified atom stereocenters. The van der Waals surface area contributed by atoms with Crippen LogP contribution in [0.5, 0.6) is 28.7 Å². The molecule has 4 N–H and O–H groups in total. The van der Waals surface area contributed by atoms with Crippen molar-refractivity contribution >= 4 is 110 Å². The Morgan fingerprint density at radius 3 is 1.12 bits per heavy atom. The number of aryl methyl sites for hydroxylation is 5. The number of halogens is 18. The molecule has 10 aliphatic rings. The van der Waals surface area contributed by atoms with E-state index in [0.717, 1.165) is 154 Å². The van der Waals surface area contributed by atoms with Crippen LogP contribution in [-0.4, -0.2) is 198 Å². The number of carbonyl (C=O) groups is 4. The lowest BCUT2D eigenvalue weighted by Gasteiger charge is -2.33. The molecule has 5 aliphatic carbocycles. The molecule has 145 heavy (non-hydrogen) atoms. The topological polar surface area (TPSA) is 368 Å². The third kappa shape index (κ3) is 31.9. The summed E-state index contributed by atoms with van der Waals surface area (Å²) in [5.41, 5.74) is 16.2. The number of ether oxygens (including phenoxy) is 6. The molecule has 0 atom stereocenters. The van der Waals surface area contributed by atoms with Crippen LogP contribution in [0.15, 0.2) is 91.3 Å². The number of nitrogen functional groups attached to an aromatic ring is 1. The third-order valence-electron chi connectivity index (χ3n) is 24.3. The van der Waals surface area contributed by atoms with E-state index in [2.05, 4.69) is 36.6 Å². The minimum absolute atomic E-state index is 0. The number of carbonyl (C=O) groups excluding carboxylic acids is 4. The number of alkyl halides is 15. The molecular weight excluding hydrogens is 2010 g/mol. The average molecular weight is 2120 g/mol. The lowest BCUT2D eigenvalue weighted by atomic mass is 9.86. The number of nitro groups is 3. The normalized spacial score (nSPS) is 17.4. The maximum Gasteiger partial charge on any atom is 0.471 e. The van der Waals surface area contributed by atoms with E-state index in [1.165, 1.54) is 11.6 Å². The van der Waals surface area contributed by atoms with E-state index in [4.69, 9.17) is 69.0 Å². The van der Waals surface area contributed by atoms with E-state index in [1.54, 1.807) is 54.3 Å². The molecule has 0 bridgehead atoms. The highest BCUT2D eigenvalue weighted by Crippen LogP contribution is 2.48. The van der Waals surface area contributed by atoms with Crippen molar-refractivity contribution in [2.24, 2.45) is 0 Å². The molecule has 5 saturated carbocycles. The molecule has 2 aromatic heterocycles.